The van der Waals surface area contributed by atoms with E-state index in [1.54, 1.807) is 18.2 Å². The standard InChI is InChI=1S/C25H14Cl2F3N5O2/c26-16-7-8-17(18(27)10-16)23(31)34-37-24(36)20-12-22-32-19(11-21(25(28,29)30)35(22)33-20)15-6-5-13-3-1-2-4-14(13)9-15/h1-12H,(H2,31,34). The van der Waals surface area contributed by atoms with E-state index in [1.165, 1.54) is 18.2 Å². The summed E-state index contributed by atoms with van der Waals surface area (Å²) in [5, 5.41) is 9.56. The smallest absolute Gasteiger partial charge is 0.380 e. The van der Waals surface area contributed by atoms with Gasteiger partial charge < -0.3 is 10.6 Å². The number of oxime groups is 1. The largest absolute Gasteiger partial charge is 0.433 e. The number of fused-ring (bicyclic) bond motifs is 2. The third-order valence-corrected chi connectivity index (χ3v) is 5.95. The molecule has 2 aromatic heterocycles. The fourth-order valence-electron chi connectivity index (χ4n) is 3.66. The van der Waals surface area contributed by atoms with Crippen molar-refractivity contribution < 1.29 is 22.8 Å². The molecular formula is C25H14Cl2F3N5O2. The lowest BCUT2D eigenvalue weighted by molar-refractivity contribution is -0.142. The number of benzene rings is 3. The van der Waals surface area contributed by atoms with Gasteiger partial charge in [-0.15, -0.1) is 0 Å². The van der Waals surface area contributed by atoms with Crippen molar-refractivity contribution >= 4 is 51.4 Å². The van der Waals surface area contributed by atoms with Gasteiger partial charge in [-0.2, -0.15) is 18.3 Å². The van der Waals surface area contributed by atoms with E-state index >= 15 is 0 Å². The number of hydrogen-bond donors (Lipinski definition) is 1. The molecule has 5 aromatic rings. The van der Waals surface area contributed by atoms with Gasteiger partial charge >= 0.3 is 12.1 Å². The van der Waals surface area contributed by atoms with Crippen LogP contribution in [0.4, 0.5) is 13.2 Å². The van der Waals surface area contributed by atoms with Crippen LogP contribution in [0.5, 0.6) is 0 Å². The molecule has 0 saturated heterocycles. The lowest BCUT2D eigenvalue weighted by Gasteiger charge is -2.11. The van der Waals surface area contributed by atoms with Crippen LogP contribution in [0.3, 0.4) is 0 Å². The van der Waals surface area contributed by atoms with Crippen molar-refractivity contribution in [2.24, 2.45) is 10.9 Å². The molecule has 2 heterocycles. The second-order valence-corrected chi connectivity index (χ2v) is 8.71. The zero-order valence-electron chi connectivity index (χ0n) is 18.5. The molecule has 0 radical (unpaired) electrons. The highest BCUT2D eigenvalue weighted by molar-refractivity contribution is 6.36. The number of rotatable bonds is 4. The molecule has 3 aromatic carbocycles. The van der Waals surface area contributed by atoms with Crippen LogP contribution in [0.15, 0.2) is 78.0 Å². The van der Waals surface area contributed by atoms with Crippen LogP contribution >= 0.6 is 23.2 Å². The molecule has 0 spiro atoms. The lowest BCUT2D eigenvalue weighted by Crippen LogP contribution is -2.16. The second kappa shape index (κ2) is 9.38. The third-order valence-electron chi connectivity index (χ3n) is 5.41. The minimum absolute atomic E-state index is 0.0602. The van der Waals surface area contributed by atoms with Gasteiger partial charge in [0.25, 0.3) is 0 Å². The Balaban J connectivity index is 1.51. The molecular weight excluding hydrogens is 530 g/mol. The first-order chi connectivity index (χ1) is 17.6. The highest BCUT2D eigenvalue weighted by atomic mass is 35.5. The Bertz CT molecular complexity index is 1720. The van der Waals surface area contributed by atoms with Crippen molar-refractivity contribution in [3.05, 3.63) is 99.8 Å². The number of amidine groups is 1. The number of halogens is 5. The molecule has 0 bridgehead atoms. The molecule has 7 nitrogen and oxygen atoms in total. The zero-order chi connectivity index (χ0) is 26.3. The van der Waals surface area contributed by atoms with E-state index in [0.717, 1.165) is 22.9 Å². The molecule has 0 saturated carbocycles. The van der Waals surface area contributed by atoms with Crippen LogP contribution in [-0.2, 0) is 11.0 Å². The molecule has 12 heteroatoms. The van der Waals surface area contributed by atoms with E-state index in [2.05, 4.69) is 15.2 Å². The fourth-order valence-corrected chi connectivity index (χ4v) is 4.16. The molecule has 2 N–H and O–H groups in total. The molecule has 0 aliphatic carbocycles. The minimum Gasteiger partial charge on any atom is -0.380 e. The number of nitrogens with two attached hydrogens (primary N) is 1. The first-order valence-electron chi connectivity index (χ1n) is 10.6. The molecule has 0 fully saturated rings. The maximum atomic E-state index is 13.9. The van der Waals surface area contributed by atoms with Gasteiger partial charge in [0, 0.05) is 22.2 Å². The van der Waals surface area contributed by atoms with Gasteiger partial charge in [-0.05, 0) is 41.1 Å². The number of aromatic nitrogens is 3. The molecule has 5 rings (SSSR count). The van der Waals surface area contributed by atoms with E-state index in [9.17, 15) is 18.0 Å². The van der Waals surface area contributed by atoms with Crippen molar-refractivity contribution in [2.45, 2.75) is 6.18 Å². The summed E-state index contributed by atoms with van der Waals surface area (Å²) >= 11 is 11.9. The van der Waals surface area contributed by atoms with Gasteiger partial charge in [0.05, 0.1) is 10.7 Å². The summed E-state index contributed by atoms with van der Waals surface area (Å²) in [4.78, 5) is 21.6. The van der Waals surface area contributed by atoms with Crippen molar-refractivity contribution in [1.29, 1.82) is 0 Å². The first kappa shape index (κ1) is 24.5. The lowest BCUT2D eigenvalue weighted by atomic mass is 10.0. The highest BCUT2D eigenvalue weighted by Gasteiger charge is 2.36. The summed E-state index contributed by atoms with van der Waals surface area (Å²) in [5.74, 6) is -1.38. The summed E-state index contributed by atoms with van der Waals surface area (Å²) in [7, 11) is 0. The summed E-state index contributed by atoms with van der Waals surface area (Å²) < 4.78 is 42.3. The van der Waals surface area contributed by atoms with E-state index < -0.39 is 23.5 Å². The van der Waals surface area contributed by atoms with Gasteiger partial charge in [-0.25, -0.2) is 14.3 Å². The number of nitrogens with zero attached hydrogens (tertiary/aromatic N) is 4. The van der Waals surface area contributed by atoms with Crippen LogP contribution in [0, 0.1) is 0 Å². The Hall–Kier alpha value is -4.15. The van der Waals surface area contributed by atoms with E-state index in [4.69, 9.17) is 33.8 Å². The average molecular weight is 544 g/mol. The number of carbonyl (C=O) groups is 1. The van der Waals surface area contributed by atoms with Crippen LogP contribution in [0.25, 0.3) is 27.7 Å². The van der Waals surface area contributed by atoms with Gasteiger partial charge in [-0.3, -0.25) is 0 Å². The monoisotopic (exact) mass is 543 g/mol. The van der Waals surface area contributed by atoms with E-state index in [0.29, 0.717) is 15.1 Å². The van der Waals surface area contributed by atoms with E-state index in [1.807, 2.05) is 24.3 Å². The zero-order valence-corrected chi connectivity index (χ0v) is 20.0. The summed E-state index contributed by atoms with van der Waals surface area (Å²) in [6.07, 6.45) is -4.78. The first-order valence-corrected chi connectivity index (χ1v) is 11.3. The predicted octanol–water partition coefficient (Wildman–Crippen LogP) is 6.35. The number of alkyl halides is 3. The Morgan fingerprint density at radius 3 is 2.46 bits per heavy atom. The Morgan fingerprint density at radius 1 is 0.973 bits per heavy atom. The minimum atomic E-state index is -4.78. The molecule has 0 atom stereocenters. The second-order valence-electron chi connectivity index (χ2n) is 7.87. The maximum absolute atomic E-state index is 13.9. The molecule has 0 aliphatic heterocycles. The number of carbonyl (C=O) groups excluding carboxylic acids is 1. The Labute approximate surface area is 216 Å². The van der Waals surface area contributed by atoms with Crippen molar-refractivity contribution in [2.75, 3.05) is 0 Å². The van der Waals surface area contributed by atoms with Crippen LogP contribution in [0.2, 0.25) is 10.0 Å². The molecule has 0 unspecified atom stereocenters. The predicted molar refractivity (Wildman–Crippen MR) is 134 cm³/mol. The number of hydrogen-bond acceptors (Lipinski definition) is 5. The fraction of sp³-hybridized carbons (Fsp3) is 0.0400. The molecule has 37 heavy (non-hydrogen) atoms. The summed E-state index contributed by atoms with van der Waals surface area (Å²) in [6.45, 7) is 0. The molecule has 0 aliphatic rings. The quantitative estimate of drug-likeness (QED) is 0.123. The van der Waals surface area contributed by atoms with Crippen molar-refractivity contribution in [3.8, 4) is 11.3 Å². The Kier molecular flexibility index (Phi) is 6.22. The van der Waals surface area contributed by atoms with Gasteiger partial charge in [0.1, 0.15) is 0 Å². The van der Waals surface area contributed by atoms with E-state index in [-0.39, 0.29) is 27.8 Å². The topological polar surface area (TPSA) is 94.9 Å². The van der Waals surface area contributed by atoms with Gasteiger partial charge in [0.2, 0.25) is 0 Å². The van der Waals surface area contributed by atoms with Gasteiger partial charge in [-0.1, -0.05) is 64.8 Å². The van der Waals surface area contributed by atoms with Gasteiger partial charge in [0.15, 0.2) is 22.9 Å². The van der Waals surface area contributed by atoms with Crippen LogP contribution in [-0.4, -0.2) is 26.4 Å². The van der Waals surface area contributed by atoms with Crippen LogP contribution < -0.4 is 5.73 Å². The van der Waals surface area contributed by atoms with Crippen molar-refractivity contribution in [3.63, 3.8) is 0 Å². The highest BCUT2D eigenvalue weighted by Crippen LogP contribution is 2.33. The van der Waals surface area contributed by atoms with Crippen molar-refractivity contribution in [1.82, 2.24) is 14.6 Å². The average Bonchev–Trinajstić information content (AvgIpc) is 3.30. The maximum Gasteiger partial charge on any atom is 0.433 e. The molecule has 186 valence electrons. The van der Waals surface area contributed by atoms with Crippen LogP contribution in [0.1, 0.15) is 21.7 Å². The summed E-state index contributed by atoms with van der Waals surface area (Å²) in [6, 6.07) is 19.0. The third kappa shape index (κ3) is 4.93. The molecule has 0 amide bonds. The Morgan fingerprint density at radius 2 is 1.73 bits per heavy atom. The summed E-state index contributed by atoms with van der Waals surface area (Å²) in [5.41, 5.74) is 4.81. The SMILES string of the molecule is N/C(=N\OC(=O)c1cc2nc(-c3ccc4ccccc4c3)cc(C(F)(F)F)n2n1)c1ccc(Cl)cc1Cl. The normalized spacial score (nSPS) is 12.3.